The minimum atomic E-state index is 0. The summed E-state index contributed by atoms with van der Waals surface area (Å²) in [6, 6.07) is 0. The Labute approximate surface area is 150 Å². The van der Waals surface area contributed by atoms with Crippen molar-refractivity contribution in [2.75, 3.05) is 33.0 Å². The fraction of sp³-hybridized carbons (Fsp3) is 0.818. The van der Waals surface area contributed by atoms with Gasteiger partial charge in [-0.15, -0.1) is 0 Å². The summed E-state index contributed by atoms with van der Waals surface area (Å²) in [5, 5.41) is 0. The van der Waals surface area contributed by atoms with Gasteiger partial charge in [-0.2, -0.15) is 13.8 Å². The van der Waals surface area contributed by atoms with Gasteiger partial charge in [0, 0.05) is 65.4 Å². The summed E-state index contributed by atoms with van der Waals surface area (Å²) in [5.74, 6) is 0. The van der Waals surface area contributed by atoms with Crippen LogP contribution in [0.2, 0.25) is 0 Å². The molecule has 92 valence electrons. The first-order chi connectivity index (χ1) is 6.81. The van der Waals surface area contributed by atoms with E-state index in [1.807, 2.05) is 33.6 Å². The van der Waals surface area contributed by atoms with Gasteiger partial charge in [-0.25, -0.2) is 0 Å². The third kappa shape index (κ3) is 18.5. The molecule has 0 aliphatic heterocycles. The van der Waals surface area contributed by atoms with Crippen LogP contribution in [-0.4, -0.2) is 39.1 Å². The molecule has 0 N–H and O–H groups in total. The van der Waals surface area contributed by atoms with Gasteiger partial charge >= 0.3 is 0 Å². The van der Waals surface area contributed by atoms with E-state index >= 15 is 0 Å². The van der Waals surface area contributed by atoms with Gasteiger partial charge in [0.1, 0.15) is 0 Å². The van der Waals surface area contributed by atoms with Crippen molar-refractivity contribution in [1.29, 1.82) is 0 Å². The molecule has 0 saturated heterocycles. The molecule has 0 spiro atoms. The second-order valence-corrected chi connectivity index (χ2v) is 3.11. The zero-order valence-electron chi connectivity index (χ0n) is 10.6. The van der Waals surface area contributed by atoms with Gasteiger partial charge < -0.3 is 27.1 Å². The second-order valence-electron chi connectivity index (χ2n) is 3.11. The Balaban J connectivity index is -0.000000845. The first-order valence-corrected chi connectivity index (χ1v) is 5.14. The molecule has 3 nitrogen and oxygen atoms in total. The fourth-order valence-electron chi connectivity index (χ4n) is 0.909. The first-order valence-electron chi connectivity index (χ1n) is 5.14. The Bertz CT molecular complexity index is 115. The molecular formula is C11H22O3Y2-2. The van der Waals surface area contributed by atoms with Gasteiger partial charge in [0.15, 0.2) is 0 Å². The van der Waals surface area contributed by atoms with Crippen LogP contribution in [0, 0.1) is 12.8 Å². The number of ether oxygens (including phenoxy) is 3. The Kier molecular flexibility index (Phi) is 28.2. The van der Waals surface area contributed by atoms with Crippen LogP contribution in [0.5, 0.6) is 0 Å². The summed E-state index contributed by atoms with van der Waals surface area (Å²) < 4.78 is 16.0. The van der Waals surface area contributed by atoms with Gasteiger partial charge in [0.2, 0.25) is 0 Å². The molecular weight excluding hydrogens is 358 g/mol. The van der Waals surface area contributed by atoms with Crippen molar-refractivity contribution in [3.63, 3.8) is 0 Å². The maximum absolute atomic E-state index is 5.46. The maximum atomic E-state index is 5.46. The van der Waals surface area contributed by atoms with E-state index in [4.69, 9.17) is 14.2 Å². The molecule has 0 aromatic heterocycles. The number of hydrogen-bond donors (Lipinski definition) is 0. The molecule has 0 heterocycles. The van der Waals surface area contributed by atoms with Crippen LogP contribution in [0.15, 0.2) is 0 Å². The summed E-state index contributed by atoms with van der Waals surface area (Å²) >= 11 is 0. The summed E-state index contributed by atoms with van der Waals surface area (Å²) in [4.78, 5) is 0. The second kappa shape index (κ2) is 19.4. The topological polar surface area (TPSA) is 27.7 Å². The molecule has 1 atom stereocenters. The molecule has 0 amide bonds. The standard InChI is InChI=1S/C11H22O3.2Y/c1-4-6-12-8-9-14-11(3)10-13-7-5-2;;/h4-5,11H,6-10H2,1-3H3;;/q-2;;. The third-order valence-corrected chi connectivity index (χ3v) is 1.55. The smallest absolute Gasteiger partial charge is 0.0780 e. The molecule has 0 aromatic rings. The van der Waals surface area contributed by atoms with Gasteiger partial charge in [-0.1, -0.05) is 13.2 Å². The van der Waals surface area contributed by atoms with Gasteiger partial charge in [-0.3, -0.25) is 0 Å². The predicted octanol–water partition coefficient (Wildman–Crippen LogP) is 1.87. The SMILES string of the molecule is C[CH-]COCCOC(C)COC[CH-]C.[Y].[Y]. The van der Waals surface area contributed by atoms with Crippen molar-refractivity contribution in [3.05, 3.63) is 12.8 Å². The van der Waals surface area contributed by atoms with Crippen molar-refractivity contribution in [1.82, 2.24) is 0 Å². The summed E-state index contributed by atoms with van der Waals surface area (Å²) in [5.41, 5.74) is 0. The molecule has 0 fully saturated rings. The van der Waals surface area contributed by atoms with Gasteiger partial charge in [0.05, 0.1) is 25.9 Å². The molecule has 0 rings (SSSR count). The van der Waals surface area contributed by atoms with E-state index in [2.05, 4.69) is 0 Å². The fourth-order valence-corrected chi connectivity index (χ4v) is 0.909. The molecule has 0 aliphatic rings. The molecule has 0 bridgehead atoms. The zero-order valence-corrected chi connectivity index (χ0v) is 16.3. The van der Waals surface area contributed by atoms with Crippen LogP contribution in [0.25, 0.3) is 0 Å². The Hall–Kier alpha value is 2.09. The third-order valence-electron chi connectivity index (χ3n) is 1.55. The van der Waals surface area contributed by atoms with Crippen molar-refractivity contribution in [2.24, 2.45) is 0 Å². The molecule has 0 aromatic carbocycles. The average molecular weight is 380 g/mol. The van der Waals surface area contributed by atoms with Gasteiger partial charge in [-0.05, 0) is 6.92 Å². The summed E-state index contributed by atoms with van der Waals surface area (Å²) in [6.45, 7) is 9.25. The van der Waals surface area contributed by atoms with Crippen molar-refractivity contribution in [3.8, 4) is 0 Å². The summed E-state index contributed by atoms with van der Waals surface area (Å²) in [6.07, 6.45) is 4.10. The Morgan fingerprint density at radius 3 is 2.06 bits per heavy atom. The minimum absolute atomic E-state index is 0. The van der Waals surface area contributed by atoms with Crippen molar-refractivity contribution < 1.29 is 79.6 Å². The molecule has 16 heavy (non-hydrogen) atoms. The van der Waals surface area contributed by atoms with Crippen molar-refractivity contribution in [2.45, 2.75) is 26.9 Å². The number of rotatable bonds is 10. The maximum Gasteiger partial charge on any atom is 0.0780 e. The summed E-state index contributed by atoms with van der Waals surface area (Å²) in [7, 11) is 0. The minimum Gasteiger partial charge on any atom is -0.411 e. The van der Waals surface area contributed by atoms with Crippen molar-refractivity contribution >= 4 is 0 Å². The van der Waals surface area contributed by atoms with Gasteiger partial charge in [0.25, 0.3) is 0 Å². The number of hydrogen-bond acceptors (Lipinski definition) is 3. The van der Waals surface area contributed by atoms with Crippen LogP contribution in [-0.2, 0) is 79.6 Å². The van der Waals surface area contributed by atoms with E-state index in [0.717, 1.165) is 0 Å². The van der Waals surface area contributed by atoms with Crippen LogP contribution in [0.3, 0.4) is 0 Å². The molecule has 0 saturated carbocycles. The van der Waals surface area contributed by atoms with E-state index in [1.54, 1.807) is 0 Å². The normalized spacial score (nSPS) is 11.4. The monoisotopic (exact) mass is 380 g/mol. The average Bonchev–Trinajstić information content (AvgIpc) is 2.18. The first kappa shape index (κ1) is 23.2. The molecule has 2 radical (unpaired) electrons. The molecule has 1 unspecified atom stereocenters. The quantitative estimate of drug-likeness (QED) is 0.428. The van der Waals surface area contributed by atoms with Crippen LogP contribution < -0.4 is 0 Å². The van der Waals surface area contributed by atoms with E-state index < -0.39 is 0 Å². The zero-order chi connectivity index (χ0) is 10.6. The predicted molar refractivity (Wildman–Crippen MR) is 57.0 cm³/mol. The molecule has 0 aliphatic carbocycles. The Morgan fingerprint density at radius 1 is 0.938 bits per heavy atom. The Morgan fingerprint density at radius 2 is 1.50 bits per heavy atom. The van der Waals surface area contributed by atoms with Crippen LogP contribution in [0.4, 0.5) is 0 Å². The molecule has 5 heteroatoms. The van der Waals surface area contributed by atoms with Crippen LogP contribution >= 0.6 is 0 Å². The van der Waals surface area contributed by atoms with E-state index in [0.29, 0.717) is 33.0 Å². The van der Waals surface area contributed by atoms with Crippen LogP contribution in [0.1, 0.15) is 20.8 Å². The van der Waals surface area contributed by atoms with E-state index in [1.165, 1.54) is 0 Å². The van der Waals surface area contributed by atoms with E-state index in [9.17, 15) is 0 Å². The largest absolute Gasteiger partial charge is 0.411 e. The van der Waals surface area contributed by atoms with E-state index in [-0.39, 0.29) is 71.5 Å².